The molecule has 11 heteroatoms. The van der Waals surface area contributed by atoms with Gasteiger partial charge in [-0.05, 0) is 34.9 Å². The molecule has 0 unspecified atom stereocenters. The van der Waals surface area contributed by atoms with Gasteiger partial charge in [-0.2, -0.15) is 13.2 Å². The summed E-state index contributed by atoms with van der Waals surface area (Å²) in [6.07, 6.45) is -1.05. The van der Waals surface area contributed by atoms with Crippen molar-refractivity contribution in [1.82, 2.24) is 4.98 Å². The van der Waals surface area contributed by atoms with Gasteiger partial charge >= 0.3 is 6.18 Å². The Morgan fingerprint density at radius 1 is 1.34 bits per heavy atom. The van der Waals surface area contributed by atoms with Crippen LogP contribution in [0.25, 0.3) is 16.5 Å². The van der Waals surface area contributed by atoms with Crippen molar-refractivity contribution in [2.24, 2.45) is 5.11 Å². The second-order valence-corrected chi connectivity index (χ2v) is 7.05. The molecule has 0 spiro atoms. The Hall–Kier alpha value is -3.04. The number of alkyl halides is 3. The SMILES string of the molecule is [N-]=[N+]=NC(=O)C=Cc1csc(N2CCC(Oc3ccccc3C(F)(F)F)CC2)n1. The van der Waals surface area contributed by atoms with Crippen LogP contribution in [0, 0.1) is 0 Å². The number of ether oxygens (including phenoxy) is 1. The molecule has 0 atom stereocenters. The van der Waals surface area contributed by atoms with E-state index in [1.807, 2.05) is 4.90 Å². The number of carbonyl (C=O) groups is 1. The summed E-state index contributed by atoms with van der Waals surface area (Å²) in [6.45, 7) is 1.18. The first-order valence-corrected chi connectivity index (χ1v) is 9.55. The fraction of sp³-hybridized carbons (Fsp3) is 0.333. The number of piperidine rings is 1. The second-order valence-electron chi connectivity index (χ2n) is 6.21. The number of amides is 1. The van der Waals surface area contributed by atoms with Gasteiger partial charge < -0.3 is 9.64 Å². The van der Waals surface area contributed by atoms with E-state index >= 15 is 0 Å². The number of azide groups is 1. The first kappa shape index (κ1) is 20.7. The van der Waals surface area contributed by atoms with Gasteiger partial charge in [-0.3, -0.25) is 4.79 Å². The minimum atomic E-state index is -4.46. The van der Waals surface area contributed by atoms with Crippen LogP contribution in [0.5, 0.6) is 5.75 Å². The average Bonchev–Trinajstić information content (AvgIpc) is 3.16. The molecule has 0 saturated carbocycles. The largest absolute Gasteiger partial charge is 0.490 e. The molecule has 1 aromatic heterocycles. The minimum absolute atomic E-state index is 0.148. The highest BCUT2D eigenvalue weighted by molar-refractivity contribution is 7.13. The number of thiazole rings is 1. The first-order chi connectivity index (χ1) is 13.9. The third-order valence-electron chi connectivity index (χ3n) is 4.25. The Balaban J connectivity index is 1.58. The third kappa shape index (κ3) is 5.49. The van der Waals surface area contributed by atoms with Crippen molar-refractivity contribution in [3.63, 3.8) is 0 Å². The van der Waals surface area contributed by atoms with Crippen molar-refractivity contribution in [1.29, 1.82) is 0 Å². The molecule has 0 radical (unpaired) electrons. The summed E-state index contributed by atoms with van der Waals surface area (Å²) in [4.78, 5) is 20.0. The van der Waals surface area contributed by atoms with Gasteiger partial charge in [0.15, 0.2) is 5.13 Å². The number of hydrogen-bond donors (Lipinski definition) is 0. The lowest BCUT2D eigenvalue weighted by atomic mass is 10.1. The van der Waals surface area contributed by atoms with Gasteiger partial charge in [0.05, 0.1) is 11.3 Å². The van der Waals surface area contributed by atoms with Crippen LogP contribution in [0.4, 0.5) is 18.3 Å². The van der Waals surface area contributed by atoms with Crippen LogP contribution in [0.1, 0.15) is 24.1 Å². The van der Waals surface area contributed by atoms with E-state index in [2.05, 4.69) is 15.0 Å². The summed E-state index contributed by atoms with van der Waals surface area (Å²) in [7, 11) is 0. The molecular weight excluding hydrogens is 407 g/mol. The number of benzene rings is 1. The van der Waals surface area contributed by atoms with Crippen LogP contribution in [0.2, 0.25) is 0 Å². The van der Waals surface area contributed by atoms with Crippen LogP contribution >= 0.6 is 11.3 Å². The van der Waals surface area contributed by atoms with E-state index in [9.17, 15) is 18.0 Å². The van der Waals surface area contributed by atoms with E-state index in [-0.39, 0.29) is 11.9 Å². The first-order valence-electron chi connectivity index (χ1n) is 8.67. The Morgan fingerprint density at radius 2 is 2.07 bits per heavy atom. The van der Waals surface area contributed by atoms with Crippen molar-refractivity contribution in [3.05, 3.63) is 57.4 Å². The number of rotatable bonds is 5. The lowest BCUT2D eigenvalue weighted by Gasteiger charge is -2.32. The zero-order chi connectivity index (χ0) is 20.9. The van der Waals surface area contributed by atoms with Gasteiger partial charge in [0.1, 0.15) is 11.9 Å². The lowest BCUT2D eigenvalue weighted by Crippen LogP contribution is -2.38. The van der Waals surface area contributed by atoms with E-state index < -0.39 is 17.6 Å². The molecular formula is C18H16F3N5O2S. The molecule has 1 saturated heterocycles. The van der Waals surface area contributed by atoms with Crippen LogP contribution in [-0.2, 0) is 11.0 Å². The van der Waals surface area contributed by atoms with Crippen LogP contribution in [0.3, 0.4) is 0 Å². The molecule has 2 aromatic rings. The van der Waals surface area contributed by atoms with Crippen molar-refractivity contribution in [2.75, 3.05) is 18.0 Å². The van der Waals surface area contributed by atoms with Crippen molar-refractivity contribution < 1.29 is 22.7 Å². The monoisotopic (exact) mass is 423 g/mol. The van der Waals surface area contributed by atoms with E-state index in [1.165, 1.54) is 35.6 Å². The van der Waals surface area contributed by atoms with Gasteiger partial charge in [-0.25, -0.2) is 4.98 Å². The molecule has 3 rings (SSSR count). The predicted octanol–water partition coefficient (Wildman–Crippen LogP) is 5.06. The number of para-hydroxylation sites is 1. The molecule has 1 aliphatic rings. The van der Waals surface area contributed by atoms with E-state index in [0.29, 0.717) is 31.6 Å². The molecule has 0 bridgehead atoms. The van der Waals surface area contributed by atoms with Crippen LogP contribution in [-0.4, -0.2) is 30.1 Å². The maximum atomic E-state index is 13.1. The molecule has 0 N–H and O–H groups in total. The molecule has 2 heterocycles. The summed E-state index contributed by atoms with van der Waals surface area (Å²) in [6, 6.07) is 5.22. The number of carbonyl (C=O) groups excluding carboxylic acids is 1. The van der Waals surface area contributed by atoms with Crippen molar-refractivity contribution in [2.45, 2.75) is 25.1 Å². The highest BCUT2D eigenvalue weighted by Crippen LogP contribution is 2.37. The molecule has 1 aliphatic heterocycles. The van der Waals surface area contributed by atoms with Crippen molar-refractivity contribution in [3.8, 4) is 5.75 Å². The number of nitrogens with zero attached hydrogens (tertiary/aromatic N) is 5. The standard InChI is InChI=1S/C18H16F3N5O2S/c19-18(20,21)14-3-1-2-4-15(14)28-13-7-9-26(10-8-13)17-23-12(11-29-17)5-6-16(27)24-25-22/h1-6,11,13H,7-10H2. The topological polar surface area (TPSA) is 91.2 Å². The number of aromatic nitrogens is 1. The maximum Gasteiger partial charge on any atom is 0.419 e. The van der Waals surface area contributed by atoms with E-state index in [0.717, 1.165) is 17.3 Å². The second kappa shape index (κ2) is 8.97. The number of anilines is 1. The fourth-order valence-electron chi connectivity index (χ4n) is 2.88. The van der Waals surface area contributed by atoms with Gasteiger partial charge in [0.2, 0.25) is 5.91 Å². The smallest absolute Gasteiger partial charge is 0.419 e. The number of hydrogen-bond acceptors (Lipinski definition) is 5. The number of halogens is 3. The highest BCUT2D eigenvalue weighted by atomic mass is 32.1. The van der Waals surface area contributed by atoms with Gasteiger partial charge in [0.25, 0.3) is 0 Å². The minimum Gasteiger partial charge on any atom is -0.490 e. The molecule has 1 amide bonds. The highest BCUT2D eigenvalue weighted by Gasteiger charge is 2.35. The summed E-state index contributed by atoms with van der Waals surface area (Å²) in [5.41, 5.74) is 7.98. The molecule has 7 nitrogen and oxygen atoms in total. The Labute approximate surface area is 168 Å². The molecule has 1 fully saturated rings. The van der Waals surface area contributed by atoms with Gasteiger partial charge in [-0.1, -0.05) is 12.1 Å². The molecule has 152 valence electrons. The van der Waals surface area contributed by atoms with E-state index in [1.54, 1.807) is 5.38 Å². The molecule has 0 aliphatic carbocycles. The lowest BCUT2D eigenvalue weighted by molar-refractivity contribution is -0.139. The summed E-state index contributed by atoms with van der Waals surface area (Å²) in [5, 5.41) is 5.44. The summed E-state index contributed by atoms with van der Waals surface area (Å²) >= 11 is 1.39. The maximum absolute atomic E-state index is 13.1. The van der Waals surface area contributed by atoms with Crippen molar-refractivity contribution >= 4 is 28.5 Å². The van der Waals surface area contributed by atoms with E-state index in [4.69, 9.17) is 10.3 Å². The fourth-order valence-corrected chi connectivity index (χ4v) is 3.73. The summed E-state index contributed by atoms with van der Waals surface area (Å²) in [5.74, 6) is -0.857. The van der Waals surface area contributed by atoms with Crippen LogP contribution in [0.15, 0.2) is 40.8 Å². The summed E-state index contributed by atoms with van der Waals surface area (Å²) < 4.78 is 44.9. The molecule has 1 aromatic carbocycles. The van der Waals surface area contributed by atoms with Gasteiger partial charge in [-0.15, -0.1) is 11.3 Å². The quantitative estimate of drug-likeness (QED) is 0.291. The normalized spacial score (nSPS) is 15.3. The zero-order valence-electron chi connectivity index (χ0n) is 15.0. The predicted molar refractivity (Wildman–Crippen MR) is 103 cm³/mol. The Morgan fingerprint density at radius 3 is 2.76 bits per heavy atom. The zero-order valence-corrected chi connectivity index (χ0v) is 15.9. The average molecular weight is 423 g/mol. The Kier molecular flexibility index (Phi) is 6.40. The van der Waals surface area contributed by atoms with Gasteiger partial charge in [0, 0.05) is 36.2 Å². The van der Waals surface area contributed by atoms with Crippen LogP contribution < -0.4 is 9.64 Å². The molecule has 29 heavy (non-hydrogen) atoms. The Bertz CT molecular complexity index is 945. The third-order valence-corrected chi connectivity index (χ3v) is 5.17.